The van der Waals surface area contributed by atoms with E-state index in [1.807, 2.05) is 0 Å². The Kier molecular flexibility index (Phi) is 4.06. The normalized spacial score (nSPS) is 15.0. The van der Waals surface area contributed by atoms with E-state index in [0.717, 1.165) is 23.4 Å². The fourth-order valence-electron chi connectivity index (χ4n) is 2.89. The van der Waals surface area contributed by atoms with Crippen molar-refractivity contribution in [2.75, 3.05) is 0 Å². The number of halogens is 2. The fraction of sp³-hybridized carbons (Fsp3) is 0.263. The molecule has 1 unspecified atom stereocenters. The van der Waals surface area contributed by atoms with Crippen LogP contribution in [-0.4, -0.2) is 21.0 Å². The Morgan fingerprint density at radius 1 is 1.38 bits per heavy atom. The number of fused-ring (bicyclic) bond motifs is 1. The zero-order chi connectivity index (χ0) is 18.3. The maximum Gasteiger partial charge on any atom is 0.238 e. The predicted molar refractivity (Wildman–Crippen MR) is 94.7 cm³/mol. The second-order valence-corrected chi connectivity index (χ2v) is 6.53. The molecular weight excluding hydrogens is 338 g/mol. The molecule has 134 valence electrons. The van der Waals surface area contributed by atoms with Gasteiger partial charge >= 0.3 is 0 Å². The quantitative estimate of drug-likeness (QED) is 0.688. The molecule has 1 fully saturated rings. The number of hydrogen-bond donors (Lipinski definition) is 2. The molecule has 0 amide bonds. The Bertz CT molecular complexity index is 981. The number of nitrogens with one attached hydrogen (secondary N) is 2. The van der Waals surface area contributed by atoms with Gasteiger partial charge in [0.15, 0.2) is 17.2 Å². The first kappa shape index (κ1) is 16.5. The van der Waals surface area contributed by atoms with Gasteiger partial charge in [-0.1, -0.05) is 6.58 Å². The van der Waals surface area contributed by atoms with Gasteiger partial charge < -0.3 is 15.0 Å². The first-order chi connectivity index (χ1) is 12.5. The maximum atomic E-state index is 13.8. The minimum atomic E-state index is -0.800. The third kappa shape index (κ3) is 3.24. The lowest BCUT2D eigenvalue weighted by atomic mass is 10.1. The lowest BCUT2D eigenvalue weighted by molar-refractivity contribution is 0.423. The Hall–Kier alpha value is -2.96. The van der Waals surface area contributed by atoms with Crippen LogP contribution < -0.4 is 10.1 Å². The van der Waals surface area contributed by atoms with Crippen LogP contribution in [0.2, 0.25) is 0 Å². The highest BCUT2D eigenvalue weighted by Gasteiger charge is 2.28. The molecule has 1 saturated carbocycles. The minimum absolute atomic E-state index is 0.114. The van der Waals surface area contributed by atoms with Crippen LogP contribution in [0.1, 0.15) is 25.3 Å². The van der Waals surface area contributed by atoms with Gasteiger partial charge in [0.1, 0.15) is 11.3 Å². The molecule has 5 nitrogen and oxygen atoms in total. The highest BCUT2D eigenvalue weighted by molar-refractivity contribution is 5.86. The summed E-state index contributed by atoms with van der Waals surface area (Å²) in [5, 5.41) is 3.40. The molecule has 1 aliphatic rings. The van der Waals surface area contributed by atoms with Crippen molar-refractivity contribution >= 4 is 16.9 Å². The van der Waals surface area contributed by atoms with E-state index in [1.54, 1.807) is 6.20 Å². The summed E-state index contributed by atoms with van der Waals surface area (Å²) >= 11 is 0. The molecule has 0 spiro atoms. The molecule has 1 aliphatic carbocycles. The summed E-state index contributed by atoms with van der Waals surface area (Å²) in [6.07, 6.45) is 5.63. The van der Waals surface area contributed by atoms with Crippen molar-refractivity contribution in [1.29, 1.82) is 0 Å². The number of ether oxygens (including phenoxy) is 1. The molecule has 26 heavy (non-hydrogen) atoms. The van der Waals surface area contributed by atoms with Crippen LogP contribution in [0, 0.1) is 17.6 Å². The maximum absolute atomic E-state index is 13.8. The first-order valence-electron chi connectivity index (χ1n) is 8.44. The zero-order valence-electron chi connectivity index (χ0n) is 14.2. The molecule has 0 saturated heterocycles. The van der Waals surface area contributed by atoms with E-state index in [9.17, 15) is 8.78 Å². The van der Waals surface area contributed by atoms with E-state index in [1.165, 1.54) is 25.1 Å². The van der Waals surface area contributed by atoms with E-state index >= 15 is 0 Å². The van der Waals surface area contributed by atoms with E-state index in [2.05, 4.69) is 33.8 Å². The fourth-order valence-corrected chi connectivity index (χ4v) is 2.89. The van der Waals surface area contributed by atoms with Crippen LogP contribution in [0.4, 0.5) is 8.78 Å². The standard InChI is InChI=1S/C19H18F2N4O/c1-10(12-3-4-12)24-11(2)14-8-22-19-18(14)25-17(9-23-19)26-16-6-5-13(20)7-15(16)21/h5-10,12,24H,2-4H2,1H3,(H,22,23). The topological polar surface area (TPSA) is 62.8 Å². The van der Waals surface area contributed by atoms with E-state index < -0.39 is 11.6 Å². The van der Waals surface area contributed by atoms with Crippen molar-refractivity contribution in [2.24, 2.45) is 5.92 Å². The van der Waals surface area contributed by atoms with E-state index in [0.29, 0.717) is 23.1 Å². The van der Waals surface area contributed by atoms with Gasteiger partial charge in [0.2, 0.25) is 5.88 Å². The number of H-pyrrole nitrogens is 1. The number of nitrogens with zero attached hydrogens (tertiary/aromatic N) is 2. The number of aromatic nitrogens is 3. The summed E-state index contributed by atoms with van der Waals surface area (Å²) in [5.74, 6) is -0.784. The van der Waals surface area contributed by atoms with Gasteiger partial charge in [-0.3, -0.25) is 0 Å². The SMILES string of the molecule is C=C(NC(C)C1CC1)c1c[nH]c2ncc(Oc3ccc(F)cc3F)nc12. The summed E-state index contributed by atoms with van der Waals surface area (Å²) < 4.78 is 32.2. The van der Waals surface area contributed by atoms with Gasteiger partial charge in [-0.25, -0.2) is 18.7 Å². The van der Waals surface area contributed by atoms with Crippen molar-refractivity contribution in [3.63, 3.8) is 0 Å². The lowest BCUT2D eigenvalue weighted by Crippen LogP contribution is -2.25. The average Bonchev–Trinajstić information content (AvgIpc) is 3.37. The highest BCUT2D eigenvalue weighted by Crippen LogP contribution is 2.34. The van der Waals surface area contributed by atoms with Crippen molar-refractivity contribution in [3.05, 3.63) is 54.4 Å². The number of rotatable bonds is 6. The number of aromatic amines is 1. The highest BCUT2D eigenvalue weighted by atomic mass is 19.1. The molecule has 4 rings (SSSR count). The average molecular weight is 356 g/mol. The summed E-state index contributed by atoms with van der Waals surface area (Å²) in [7, 11) is 0. The Morgan fingerprint density at radius 2 is 2.19 bits per heavy atom. The number of hydrogen-bond acceptors (Lipinski definition) is 4. The molecular formula is C19H18F2N4O. The number of benzene rings is 1. The van der Waals surface area contributed by atoms with Crippen molar-refractivity contribution < 1.29 is 13.5 Å². The van der Waals surface area contributed by atoms with Gasteiger partial charge in [0, 0.05) is 29.6 Å². The summed E-state index contributed by atoms with van der Waals surface area (Å²) in [6, 6.07) is 3.44. The molecule has 2 aromatic heterocycles. The van der Waals surface area contributed by atoms with Crippen LogP contribution in [0.5, 0.6) is 11.6 Å². The molecule has 2 N–H and O–H groups in total. The van der Waals surface area contributed by atoms with E-state index in [-0.39, 0.29) is 11.6 Å². The van der Waals surface area contributed by atoms with Crippen LogP contribution >= 0.6 is 0 Å². The van der Waals surface area contributed by atoms with Crippen LogP contribution in [0.25, 0.3) is 16.9 Å². The molecule has 1 atom stereocenters. The van der Waals surface area contributed by atoms with Crippen molar-refractivity contribution in [2.45, 2.75) is 25.8 Å². The molecule has 7 heteroatoms. The van der Waals surface area contributed by atoms with Gasteiger partial charge in [0.05, 0.1) is 6.20 Å². The van der Waals surface area contributed by atoms with Gasteiger partial charge in [-0.05, 0) is 37.8 Å². The van der Waals surface area contributed by atoms with Crippen LogP contribution in [0.15, 0.2) is 37.2 Å². The van der Waals surface area contributed by atoms with Crippen molar-refractivity contribution in [3.8, 4) is 11.6 Å². The predicted octanol–water partition coefficient (Wildman–Crippen LogP) is 4.39. The second-order valence-electron chi connectivity index (χ2n) is 6.53. The molecule has 0 bridgehead atoms. The smallest absolute Gasteiger partial charge is 0.238 e. The van der Waals surface area contributed by atoms with Gasteiger partial charge in [-0.15, -0.1) is 0 Å². The Labute approximate surface area is 149 Å². The molecule has 3 aromatic rings. The second kappa shape index (κ2) is 6.40. The largest absolute Gasteiger partial charge is 0.434 e. The van der Waals surface area contributed by atoms with Gasteiger partial charge in [-0.2, -0.15) is 0 Å². The third-order valence-corrected chi connectivity index (χ3v) is 4.52. The minimum Gasteiger partial charge on any atom is -0.434 e. The molecule has 0 radical (unpaired) electrons. The Balaban J connectivity index is 1.60. The molecule has 1 aromatic carbocycles. The Morgan fingerprint density at radius 3 is 2.92 bits per heavy atom. The third-order valence-electron chi connectivity index (χ3n) is 4.52. The van der Waals surface area contributed by atoms with Crippen molar-refractivity contribution in [1.82, 2.24) is 20.3 Å². The molecule has 2 heterocycles. The first-order valence-corrected chi connectivity index (χ1v) is 8.44. The van der Waals surface area contributed by atoms with Gasteiger partial charge in [0.25, 0.3) is 0 Å². The lowest BCUT2D eigenvalue weighted by Gasteiger charge is -2.15. The summed E-state index contributed by atoms with van der Waals surface area (Å²) in [4.78, 5) is 11.7. The van der Waals surface area contributed by atoms with Crippen LogP contribution in [0.3, 0.4) is 0 Å². The zero-order valence-corrected chi connectivity index (χ0v) is 14.2. The summed E-state index contributed by atoms with van der Waals surface area (Å²) in [5.41, 5.74) is 2.68. The monoisotopic (exact) mass is 356 g/mol. The summed E-state index contributed by atoms with van der Waals surface area (Å²) in [6.45, 7) is 6.23. The molecule has 0 aliphatic heterocycles. The van der Waals surface area contributed by atoms with E-state index in [4.69, 9.17) is 4.74 Å². The van der Waals surface area contributed by atoms with Crippen LogP contribution in [-0.2, 0) is 0 Å².